The number of aromatic nitrogens is 1. The zero-order valence-electron chi connectivity index (χ0n) is 5.70. The molecule has 0 spiro atoms. The lowest BCUT2D eigenvalue weighted by Crippen LogP contribution is -2.10. The molecule has 1 aromatic rings. The molecule has 0 saturated carbocycles. The van der Waals surface area contributed by atoms with Gasteiger partial charge in [0.1, 0.15) is 4.88 Å². The number of nitrogens with zero attached hydrogens (tertiary/aromatic N) is 1. The first-order valence-corrected chi connectivity index (χ1v) is 3.59. The van der Waals surface area contributed by atoms with Crippen molar-refractivity contribution in [2.45, 2.75) is 6.92 Å². The number of carboxylic acids is 1. The van der Waals surface area contributed by atoms with Gasteiger partial charge in [-0.1, -0.05) is 0 Å². The molecule has 0 unspecified atom stereocenters. The molecule has 1 aromatic heterocycles. The summed E-state index contributed by atoms with van der Waals surface area (Å²) in [4.78, 5) is 21.0. The number of carboxylic acid groups (broad SMARTS) is 1. The molecule has 4 nitrogen and oxygen atoms in total. The number of hydrogen-bond acceptors (Lipinski definition) is 4. The first-order valence-electron chi connectivity index (χ1n) is 2.82. The average Bonchev–Trinajstić information content (AvgIpc) is 2.34. The summed E-state index contributed by atoms with van der Waals surface area (Å²) < 4.78 is 3.78. The fourth-order valence-electron chi connectivity index (χ4n) is 0.576. The second-order valence-corrected chi connectivity index (χ2v) is 2.77. The van der Waals surface area contributed by atoms with Gasteiger partial charge < -0.3 is 5.11 Å². The lowest BCUT2D eigenvalue weighted by Gasteiger charge is -1.84. The normalized spacial score (nSPS) is 9.55. The number of aliphatic carboxylic acids is 1. The Balaban J connectivity index is 2.94. The zero-order valence-corrected chi connectivity index (χ0v) is 6.51. The van der Waals surface area contributed by atoms with Crippen LogP contribution in [0.15, 0.2) is 6.07 Å². The lowest BCUT2D eigenvalue weighted by molar-refractivity contribution is -0.131. The van der Waals surface area contributed by atoms with Gasteiger partial charge in [0.05, 0.1) is 5.69 Å². The molecule has 0 saturated heterocycles. The molecule has 5 heteroatoms. The van der Waals surface area contributed by atoms with E-state index in [2.05, 4.69) is 4.37 Å². The van der Waals surface area contributed by atoms with E-state index in [-0.39, 0.29) is 4.88 Å². The average molecular weight is 171 g/mol. The van der Waals surface area contributed by atoms with Crippen LogP contribution in [0.1, 0.15) is 15.4 Å². The van der Waals surface area contributed by atoms with Crippen LogP contribution in [0.5, 0.6) is 0 Å². The van der Waals surface area contributed by atoms with Crippen LogP contribution in [0.4, 0.5) is 0 Å². The minimum absolute atomic E-state index is 0.176. The van der Waals surface area contributed by atoms with Crippen LogP contribution in [0.25, 0.3) is 0 Å². The highest BCUT2D eigenvalue weighted by atomic mass is 32.1. The van der Waals surface area contributed by atoms with Crippen molar-refractivity contribution in [3.05, 3.63) is 16.6 Å². The van der Waals surface area contributed by atoms with Crippen LogP contribution >= 0.6 is 11.5 Å². The third-order valence-electron chi connectivity index (χ3n) is 1.05. The number of carbonyl (C=O) groups excluding carboxylic acids is 1. The van der Waals surface area contributed by atoms with Crippen molar-refractivity contribution in [3.8, 4) is 0 Å². The summed E-state index contributed by atoms with van der Waals surface area (Å²) in [6.45, 7) is 1.70. The second kappa shape index (κ2) is 2.79. The quantitative estimate of drug-likeness (QED) is 0.526. The van der Waals surface area contributed by atoms with E-state index in [0.29, 0.717) is 5.69 Å². The van der Waals surface area contributed by atoms with Gasteiger partial charge in [0, 0.05) is 0 Å². The molecule has 0 fully saturated rings. The molecule has 1 rings (SSSR count). The van der Waals surface area contributed by atoms with Crippen LogP contribution < -0.4 is 0 Å². The van der Waals surface area contributed by atoms with Crippen molar-refractivity contribution in [2.24, 2.45) is 0 Å². The Morgan fingerprint density at radius 3 is 2.64 bits per heavy atom. The number of rotatable bonds is 2. The van der Waals surface area contributed by atoms with Crippen molar-refractivity contribution < 1.29 is 14.7 Å². The Labute approximate surface area is 66.6 Å². The maximum atomic E-state index is 10.7. The van der Waals surface area contributed by atoms with E-state index in [1.807, 2.05) is 0 Å². The Morgan fingerprint density at radius 2 is 2.27 bits per heavy atom. The molecule has 1 heterocycles. The highest BCUT2D eigenvalue weighted by Crippen LogP contribution is 2.09. The van der Waals surface area contributed by atoms with E-state index in [1.165, 1.54) is 6.07 Å². The van der Waals surface area contributed by atoms with E-state index < -0.39 is 11.8 Å². The molecule has 0 atom stereocenters. The summed E-state index contributed by atoms with van der Waals surface area (Å²) in [6.07, 6.45) is 0. The van der Waals surface area contributed by atoms with E-state index in [1.54, 1.807) is 6.92 Å². The van der Waals surface area contributed by atoms with E-state index in [4.69, 9.17) is 5.11 Å². The van der Waals surface area contributed by atoms with Gasteiger partial charge >= 0.3 is 5.97 Å². The first kappa shape index (κ1) is 7.87. The van der Waals surface area contributed by atoms with Crippen LogP contribution in [0.2, 0.25) is 0 Å². The third kappa shape index (κ3) is 1.62. The number of aryl methyl sites for hydroxylation is 1. The van der Waals surface area contributed by atoms with Crippen LogP contribution in [-0.2, 0) is 4.79 Å². The molecule has 0 bridgehead atoms. The van der Waals surface area contributed by atoms with E-state index in [9.17, 15) is 9.59 Å². The number of hydrogen-bond donors (Lipinski definition) is 1. The van der Waals surface area contributed by atoms with E-state index >= 15 is 0 Å². The lowest BCUT2D eigenvalue weighted by atomic mass is 10.3. The largest absolute Gasteiger partial charge is 0.475 e. The van der Waals surface area contributed by atoms with Gasteiger partial charge in [0.15, 0.2) is 0 Å². The van der Waals surface area contributed by atoms with Gasteiger partial charge in [-0.05, 0) is 24.5 Å². The highest BCUT2D eigenvalue weighted by molar-refractivity contribution is 7.09. The molecule has 1 N–H and O–H groups in total. The van der Waals surface area contributed by atoms with Gasteiger partial charge in [0.25, 0.3) is 5.78 Å². The van der Waals surface area contributed by atoms with Crippen LogP contribution in [0, 0.1) is 6.92 Å². The molecule has 0 aromatic carbocycles. The van der Waals surface area contributed by atoms with Crippen molar-refractivity contribution in [2.75, 3.05) is 0 Å². The van der Waals surface area contributed by atoms with Crippen molar-refractivity contribution in [1.82, 2.24) is 4.37 Å². The highest BCUT2D eigenvalue weighted by Gasteiger charge is 2.16. The topological polar surface area (TPSA) is 67.3 Å². The molecule has 0 aliphatic carbocycles. The van der Waals surface area contributed by atoms with Crippen molar-refractivity contribution in [3.63, 3.8) is 0 Å². The summed E-state index contributed by atoms with van der Waals surface area (Å²) in [5.74, 6) is -2.33. The smallest absolute Gasteiger partial charge is 0.378 e. The molecule has 11 heavy (non-hydrogen) atoms. The van der Waals surface area contributed by atoms with Crippen LogP contribution in [-0.4, -0.2) is 21.2 Å². The predicted molar refractivity (Wildman–Crippen MR) is 38.8 cm³/mol. The van der Waals surface area contributed by atoms with Crippen molar-refractivity contribution >= 4 is 23.3 Å². The third-order valence-corrected chi connectivity index (χ3v) is 1.93. The van der Waals surface area contributed by atoms with Crippen molar-refractivity contribution in [1.29, 1.82) is 0 Å². The minimum Gasteiger partial charge on any atom is -0.475 e. The van der Waals surface area contributed by atoms with Crippen LogP contribution in [0.3, 0.4) is 0 Å². The maximum absolute atomic E-state index is 10.7. The summed E-state index contributed by atoms with van der Waals surface area (Å²) in [5, 5.41) is 8.27. The van der Waals surface area contributed by atoms with Gasteiger partial charge in [-0.25, -0.2) is 4.79 Å². The molecule has 0 amide bonds. The monoisotopic (exact) mass is 171 g/mol. The minimum atomic E-state index is -1.44. The standard InChI is InChI=1S/C6H5NO3S/c1-3-2-4(11-7-3)5(8)6(9)10/h2H,1H3,(H,9,10). The SMILES string of the molecule is Cc1cc(C(=O)C(=O)O)sn1. The summed E-state index contributed by atoms with van der Waals surface area (Å²) in [6, 6.07) is 1.46. The molecule has 0 aliphatic rings. The van der Waals surface area contributed by atoms with Gasteiger partial charge in [-0.3, -0.25) is 4.79 Å². The Bertz CT molecular complexity index is 305. The molecule has 0 aliphatic heterocycles. The molecular weight excluding hydrogens is 166 g/mol. The Hall–Kier alpha value is -1.23. The fourth-order valence-corrected chi connectivity index (χ4v) is 1.26. The van der Waals surface area contributed by atoms with Gasteiger partial charge in [-0.2, -0.15) is 4.37 Å². The molecule has 0 radical (unpaired) electrons. The number of carbonyl (C=O) groups is 2. The first-order chi connectivity index (χ1) is 5.11. The zero-order chi connectivity index (χ0) is 8.43. The predicted octanol–water partition coefficient (Wildman–Crippen LogP) is 0.719. The summed E-state index contributed by atoms with van der Waals surface area (Å²) in [7, 11) is 0. The van der Waals surface area contributed by atoms with E-state index in [0.717, 1.165) is 11.5 Å². The molecule has 58 valence electrons. The summed E-state index contributed by atoms with van der Waals surface area (Å²) >= 11 is 0.906. The number of ketones is 1. The maximum Gasteiger partial charge on any atom is 0.378 e. The van der Waals surface area contributed by atoms with Gasteiger partial charge in [0.2, 0.25) is 0 Å². The van der Waals surface area contributed by atoms with Gasteiger partial charge in [-0.15, -0.1) is 0 Å². The Kier molecular flexibility index (Phi) is 2.00. The number of Topliss-reactive ketones (excluding diaryl/α,β-unsaturated/α-hetero) is 1. The second-order valence-electron chi connectivity index (χ2n) is 1.97. The fraction of sp³-hybridized carbons (Fsp3) is 0.167. The Morgan fingerprint density at radius 1 is 1.64 bits per heavy atom. The molecular formula is C6H5NO3S. The summed E-state index contributed by atoms with van der Waals surface area (Å²) in [5.41, 5.74) is 0.666.